The van der Waals surface area contributed by atoms with Gasteiger partial charge in [0.25, 0.3) is 0 Å². The number of esters is 2. The van der Waals surface area contributed by atoms with Crippen LogP contribution >= 0.6 is 0 Å². The molecule has 0 heterocycles. The van der Waals surface area contributed by atoms with E-state index < -0.39 is 5.97 Å². The van der Waals surface area contributed by atoms with E-state index in [1.807, 2.05) is 0 Å². The molecule has 0 aromatic carbocycles. The molecule has 0 atom stereocenters. The molecule has 5 heteroatoms. The van der Waals surface area contributed by atoms with Gasteiger partial charge in [0.15, 0.2) is 0 Å². The Bertz CT molecular complexity index is 357. The molecule has 0 saturated heterocycles. The summed E-state index contributed by atoms with van der Waals surface area (Å²) < 4.78 is 14.5. The van der Waals surface area contributed by atoms with Gasteiger partial charge < -0.3 is 14.2 Å². The molecule has 0 fully saturated rings. The minimum Gasteiger partial charge on any atom is -0.467 e. The Kier molecular flexibility index (Phi) is 21.3. The number of methoxy groups -OCH3 is 1. The molecule has 0 spiro atoms. The van der Waals surface area contributed by atoms with Crippen molar-refractivity contribution in [2.24, 2.45) is 0 Å². The van der Waals surface area contributed by atoms with Gasteiger partial charge in [-0.1, -0.05) is 96.8 Å². The summed E-state index contributed by atoms with van der Waals surface area (Å²) in [5.41, 5.74) is 0. The topological polar surface area (TPSA) is 61.8 Å². The van der Waals surface area contributed by atoms with E-state index in [2.05, 4.69) is 11.7 Å². The van der Waals surface area contributed by atoms with E-state index in [-0.39, 0.29) is 25.8 Å². The van der Waals surface area contributed by atoms with E-state index in [0.29, 0.717) is 6.42 Å². The molecule has 0 unspecified atom stereocenters. The molecular formula is C23H44O5. The van der Waals surface area contributed by atoms with Crippen molar-refractivity contribution in [1.82, 2.24) is 0 Å². The van der Waals surface area contributed by atoms with Crippen LogP contribution in [0.15, 0.2) is 0 Å². The second-order valence-electron chi connectivity index (χ2n) is 7.55. The van der Waals surface area contributed by atoms with Crippen LogP contribution in [0.1, 0.15) is 110 Å². The van der Waals surface area contributed by atoms with Crippen LogP contribution in [-0.2, 0) is 23.8 Å². The normalized spacial score (nSPS) is 10.8. The number of hydrogen-bond acceptors (Lipinski definition) is 5. The largest absolute Gasteiger partial charge is 0.467 e. The fraction of sp³-hybridized carbons (Fsp3) is 0.913. The summed E-state index contributed by atoms with van der Waals surface area (Å²) in [6, 6.07) is 0. The van der Waals surface area contributed by atoms with E-state index in [4.69, 9.17) is 9.47 Å². The van der Waals surface area contributed by atoms with Gasteiger partial charge in [-0.25, -0.2) is 4.79 Å². The molecule has 0 N–H and O–H groups in total. The molecule has 0 aliphatic rings. The zero-order valence-electron chi connectivity index (χ0n) is 18.5. The standard InChI is InChI=1S/C23H44O5/c1-3-4-5-6-7-8-9-10-11-12-13-14-15-16-17-18-22(24)28-20-19-27-21-23(25)26-2/h3-21H2,1-2H3. The minimum absolute atomic E-state index is 0.104. The highest BCUT2D eigenvalue weighted by Crippen LogP contribution is 2.13. The molecule has 0 saturated carbocycles. The Labute approximate surface area is 172 Å². The Morgan fingerprint density at radius 3 is 1.54 bits per heavy atom. The van der Waals surface area contributed by atoms with Crippen molar-refractivity contribution in [3.63, 3.8) is 0 Å². The summed E-state index contributed by atoms with van der Waals surface area (Å²) in [6.07, 6.45) is 20.2. The van der Waals surface area contributed by atoms with Crippen LogP contribution in [0.3, 0.4) is 0 Å². The molecule has 5 nitrogen and oxygen atoms in total. The number of hydrogen-bond donors (Lipinski definition) is 0. The highest BCUT2D eigenvalue weighted by Gasteiger charge is 2.04. The average molecular weight is 401 g/mol. The van der Waals surface area contributed by atoms with Gasteiger partial charge >= 0.3 is 11.9 Å². The highest BCUT2D eigenvalue weighted by atomic mass is 16.6. The zero-order chi connectivity index (χ0) is 20.7. The van der Waals surface area contributed by atoms with Crippen molar-refractivity contribution >= 4 is 11.9 Å². The van der Waals surface area contributed by atoms with Gasteiger partial charge in [-0.2, -0.15) is 0 Å². The first-order valence-corrected chi connectivity index (χ1v) is 11.5. The van der Waals surface area contributed by atoms with Gasteiger partial charge in [-0.05, 0) is 6.42 Å². The summed E-state index contributed by atoms with van der Waals surface area (Å²) >= 11 is 0. The van der Waals surface area contributed by atoms with Crippen LogP contribution < -0.4 is 0 Å². The van der Waals surface area contributed by atoms with E-state index >= 15 is 0 Å². The molecule has 0 bridgehead atoms. The quantitative estimate of drug-likeness (QED) is 0.175. The van der Waals surface area contributed by atoms with Crippen molar-refractivity contribution < 1.29 is 23.8 Å². The van der Waals surface area contributed by atoms with Gasteiger partial charge in [0.1, 0.15) is 13.2 Å². The van der Waals surface area contributed by atoms with Crippen LogP contribution in [-0.4, -0.2) is 38.9 Å². The number of ether oxygens (including phenoxy) is 3. The molecule has 166 valence electrons. The maximum atomic E-state index is 11.6. The summed E-state index contributed by atoms with van der Waals surface area (Å²) in [4.78, 5) is 22.4. The molecule has 0 rings (SSSR count). The fourth-order valence-corrected chi connectivity index (χ4v) is 3.14. The Morgan fingerprint density at radius 1 is 0.607 bits per heavy atom. The third-order valence-corrected chi connectivity index (χ3v) is 4.92. The molecule has 0 aromatic rings. The zero-order valence-corrected chi connectivity index (χ0v) is 18.5. The van der Waals surface area contributed by atoms with Gasteiger partial charge in [-0.15, -0.1) is 0 Å². The molecular weight excluding hydrogens is 356 g/mol. The predicted molar refractivity (Wildman–Crippen MR) is 113 cm³/mol. The van der Waals surface area contributed by atoms with Crippen molar-refractivity contribution in [3.8, 4) is 0 Å². The summed E-state index contributed by atoms with van der Waals surface area (Å²) in [5.74, 6) is -0.611. The fourth-order valence-electron chi connectivity index (χ4n) is 3.14. The van der Waals surface area contributed by atoms with Gasteiger partial charge in [-0.3, -0.25) is 4.79 Å². The number of unbranched alkanes of at least 4 members (excludes halogenated alkanes) is 14. The monoisotopic (exact) mass is 400 g/mol. The molecule has 0 aliphatic carbocycles. The van der Waals surface area contributed by atoms with Crippen LogP contribution in [0.5, 0.6) is 0 Å². The Balaban J connectivity index is 3.16. The summed E-state index contributed by atoms with van der Waals surface area (Å²) in [6.45, 7) is 2.57. The highest BCUT2D eigenvalue weighted by molar-refractivity contribution is 5.70. The van der Waals surface area contributed by atoms with Crippen LogP contribution in [0.25, 0.3) is 0 Å². The molecule has 28 heavy (non-hydrogen) atoms. The van der Waals surface area contributed by atoms with Gasteiger partial charge in [0, 0.05) is 6.42 Å². The van der Waals surface area contributed by atoms with E-state index in [1.54, 1.807) is 0 Å². The summed E-state index contributed by atoms with van der Waals surface area (Å²) in [5, 5.41) is 0. The third kappa shape index (κ3) is 21.2. The van der Waals surface area contributed by atoms with E-state index in [9.17, 15) is 9.59 Å². The lowest BCUT2D eigenvalue weighted by atomic mass is 10.0. The van der Waals surface area contributed by atoms with Crippen LogP contribution in [0.4, 0.5) is 0 Å². The maximum absolute atomic E-state index is 11.6. The molecule has 0 aromatic heterocycles. The first-order valence-electron chi connectivity index (χ1n) is 11.5. The van der Waals surface area contributed by atoms with E-state index in [0.717, 1.165) is 12.8 Å². The lowest BCUT2D eigenvalue weighted by Crippen LogP contribution is -2.15. The average Bonchev–Trinajstić information content (AvgIpc) is 2.70. The second-order valence-corrected chi connectivity index (χ2v) is 7.55. The van der Waals surface area contributed by atoms with Gasteiger partial charge in [0.05, 0.1) is 13.7 Å². The molecule has 0 radical (unpaired) electrons. The first-order chi connectivity index (χ1) is 13.7. The number of carbonyl (C=O) groups excluding carboxylic acids is 2. The van der Waals surface area contributed by atoms with Crippen molar-refractivity contribution in [2.45, 2.75) is 110 Å². The summed E-state index contributed by atoms with van der Waals surface area (Å²) in [7, 11) is 1.31. The molecule has 0 aliphatic heterocycles. The second kappa shape index (κ2) is 22.2. The predicted octanol–water partition coefficient (Wildman–Crippen LogP) is 5.98. The van der Waals surface area contributed by atoms with E-state index in [1.165, 1.54) is 90.6 Å². The Morgan fingerprint density at radius 2 is 1.07 bits per heavy atom. The first kappa shape index (κ1) is 26.9. The number of rotatable bonds is 21. The smallest absolute Gasteiger partial charge is 0.331 e. The van der Waals surface area contributed by atoms with Crippen LogP contribution in [0.2, 0.25) is 0 Å². The lowest BCUT2D eigenvalue weighted by Gasteiger charge is -2.06. The van der Waals surface area contributed by atoms with Crippen molar-refractivity contribution in [2.75, 3.05) is 26.9 Å². The van der Waals surface area contributed by atoms with Crippen LogP contribution in [0, 0.1) is 0 Å². The Hall–Kier alpha value is -1.10. The van der Waals surface area contributed by atoms with Gasteiger partial charge in [0.2, 0.25) is 0 Å². The number of carbonyl (C=O) groups is 2. The third-order valence-electron chi connectivity index (χ3n) is 4.92. The van der Waals surface area contributed by atoms with Crippen molar-refractivity contribution in [1.29, 1.82) is 0 Å². The lowest BCUT2D eigenvalue weighted by molar-refractivity contribution is -0.149. The van der Waals surface area contributed by atoms with Crippen molar-refractivity contribution in [3.05, 3.63) is 0 Å². The maximum Gasteiger partial charge on any atom is 0.331 e. The molecule has 0 amide bonds. The SMILES string of the molecule is CCCCCCCCCCCCCCCCCC(=O)OCCOCC(=O)OC. The minimum atomic E-state index is -0.427.